The molecule has 0 aliphatic heterocycles. The fourth-order valence-electron chi connectivity index (χ4n) is 1.09. The molecule has 0 unspecified atom stereocenters. The highest BCUT2D eigenvalue weighted by molar-refractivity contribution is 6.02. The smallest absolute Gasteiger partial charge is 0.163 e. The number of ketones is 1. The predicted octanol–water partition coefficient (Wildman–Crippen LogP) is 1.80. The van der Waals surface area contributed by atoms with Crippen molar-refractivity contribution in [2.45, 2.75) is 13.3 Å². The van der Waals surface area contributed by atoms with Gasteiger partial charge in [0.15, 0.2) is 12.1 Å². The maximum atomic E-state index is 11.3. The van der Waals surface area contributed by atoms with E-state index in [-0.39, 0.29) is 17.1 Å². The van der Waals surface area contributed by atoms with Gasteiger partial charge in [-0.3, -0.25) is 9.59 Å². The number of carbonyl (C=O) groups excluding carboxylic acids is 2. The van der Waals surface area contributed by atoms with Crippen molar-refractivity contribution >= 4 is 12.1 Å². The first-order valence-corrected chi connectivity index (χ1v) is 4.00. The molecule has 3 nitrogen and oxygen atoms in total. The summed E-state index contributed by atoms with van der Waals surface area (Å²) in [5, 5.41) is 9.05. The molecule has 0 atom stereocenters. The Labute approximate surface area is 76.0 Å². The van der Waals surface area contributed by atoms with Crippen molar-refractivity contribution < 1.29 is 14.7 Å². The van der Waals surface area contributed by atoms with E-state index >= 15 is 0 Å². The summed E-state index contributed by atoms with van der Waals surface area (Å²) in [6, 6.07) is 4.15. The number of carbonyl (C=O) groups is 2. The number of phenolic OH excluding ortho intramolecular Hbond substituents is 1. The van der Waals surface area contributed by atoms with Gasteiger partial charge in [0.2, 0.25) is 0 Å². The second-order valence-corrected chi connectivity index (χ2v) is 2.67. The van der Waals surface area contributed by atoms with E-state index in [1.807, 2.05) is 0 Å². The Balaban J connectivity index is 3.20. The first-order valence-electron chi connectivity index (χ1n) is 4.00. The van der Waals surface area contributed by atoms with Crippen molar-refractivity contribution in [3.63, 3.8) is 0 Å². The van der Waals surface area contributed by atoms with Crippen molar-refractivity contribution in [1.29, 1.82) is 0 Å². The lowest BCUT2D eigenvalue weighted by molar-refractivity contribution is 0.0981. The Bertz CT molecular complexity index is 342. The molecule has 0 heterocycles. The molecular weight excluding hydrogens is 168 g/mol. The lowest BCUT2D eigenvalue weighted by atomic mass is 10.0. The molecule has 1 rings (SSSR count). The Morgan fingerprint density at radius 2 is 2.23 bits per heavy atom. The summed E-state index contributed by atoms with van der Waals surface area (Å²) < 4.78 is 0. The largest absolute Gasteiger partial charge is 0.508 e. The fourth-order valence-corrected chi connectivity index (χ4v) is 1.09. The Kier molecular flexibility index (Phi) is 2.80. The normalized spacial score (nSPS) is 9.62. The number of phenols is 1. The fraction of sp³-hybridized carbons (Fsp3) is 0.200. The molecule has 0 fully saturated rings. The van der Waals surface area contributed by atoms with Gasteiger partial charge in [0.1, 0.15) is 5.75 Å². The third-order valence-electron chi connectivity index (χ3n) is 1.78. The van der Waals surface area contributed by atoms with Gasteiger partial charge >= 0.3 is 0 Å². The molecule has 0 aromatic heterocycles. The molecule has 0 aliphatic carbocycles. The number of hydrogen-bond donors (Lipinski definition) is 1. The zero-order valence-corrected chi connectivity index (χ0v) is 7.28. The number of benzene rings is 1. The Morgan fingerprint density at radius 3 is 2.77 bits per heavy atom. The van der Waals surface area contributed by atoms with Gasteiger partial charge in [-0.15, -0.1) is 0 Å². The van der Waals surface area contributed by atoms with Crippen LogP contribution in [0.5, 0.6) is 5.75 Å². The standard InChI is InChI=1S/C10H10O3/c1-2-10(13)9-4-3-8(12)5-7(9)6-11/h3-6,12H,2H2,1H3. The summed E-state index contributed by atoms with van der Waals surface area (Å²) in [5.41, 5.74) is 0.613. The van der Waals surface area contributed by atoms with Gasteiger partial charge in [0.05, 0.1) is 0 Å². The molecule has 1 aromatic rings. The predicted molar refractivity (Wildman–Crippen MR) is 48.1 cm³/mol. The first kappa shape index (κ1) is 9.45. The van der Waals surface area contributed by atoms with Gasteiger partial charge in [-0.25, -0.2) is 0 Å². The summed E-state index contributed by atoms with van der Waals surface area (Å²) in [6.07, 6.45) is 0.925. The summed E-state index contributed by atoms with van der Waals surface area (Å²) in [7, 11) is 0. The van der Waals surface area contributed by atoms with Crippen LogP contribution in [0.4, 0.5) is 0 Å². The number of Topliss-reactive ketones (excluding diaryl/α,β-unsaturated/α-hetero) is 1. The molecule has 0 amide bonds. The van der Waals surface area contributed by atoms with Crippen LogP contribution in [0.15, 0.2) is 18.2 Å². The van der Waals surface area contributed by atoms with Crippen LogP contribution < -0.4 is 0 Å². The molecule has 68 valence electrons. The lowest BCUT2D eigenvalue weighted by Crippen LogP contribution is -2.01. The van der Waals surface area contributed by atoms with Gasteiger partial charge in [-0.1, -0.05) is 6.92 Å². The van der Waals surface area contributed by atoms with E-state index < -0.39 is 0 Å². The SMILES string of the molecule is CCC(=O)c1ccc(O)cc1C=O. The van der Waals surface area contributed by atoms with Gasteiger partial charge in [-0.2, -0.15) is 0 Å². The summed E-state index contributed by atoms with van der Waals surface area (Å²) in [4.78, 5) is 21.8. The van der Waals surface area contributed by atoms with E-state index in [2.05, 4.69) is 0 Å². The van der Waals surface area contributed by atoms with E-state index in [4.69, 9.17) is 5.11 Å². The van der Waals surface area contributed by atoms with Crippen LogP contribution >= 0.6 is 0 Å². The second kappa shape index (κ2) is 3.85. The van der Waals surface area contributed by atoms with Crippen LogP contribution in [-0.2, 0) is 0 Å². The van der Waals surface area contributed by atoms with Gasteiger partial charge in [0.25, 0.3) is 0 Å². The van der Waals surface area contributed by atoms with Crippen molar-refractivity contribution in [3.8, 4) is 5.75 Å². The summed E-state index contributed by atoms with van der Waals surface area (Å²) in [5.74, 6) is -0.100. The maximum absolute atomic E-state index is 11.3. The van der Waals surface area contributed by atoms with Gasteiger partial charge < -0.3 is 5.11 Å². The van der Waals surface area contributed by atoms with Gasteiger partial charge in [0, 0.05) is 17.5 Å². The van der Waals surface area contributed by atoms with Crippen LogP contribution in [0.1, 0.15) is 34.1 Å². The minimum Gasteiger partial charge on any atom is -0.508 e. The van der Waals surface area contributed by atoms with Crippen molar-refractivity contribution in [1.82, 2.24) is 0 Å². The first-order chi connectivity index (χ1) is 6.19. The van der Waals surface area contributed by atoms with Crippen LogP contribution in [-0.4, -0.2) is 17.2 Å². The van der Waals surface area contributed by atoms with E-state index in [1.165, 1.54) is 18.2 Å². The van der Waals surface area contributed by atoms with Gasteiger partial charge in [-0.05, 0) is 18.2 Å². The summed E-state index contributed by atoms with van der Waals surface area (Å²) in [6.45, 7) is 1.73. The molecule has 0 aliphatic rings. The highest BCUT2D eigenvalue weighted by Gasteiger charge is 2.08. The highest BCUT2D eigenvalue weighted by Crippen LogP contribution is 2.16. The minimum absolute atomic E-state index is 0.00486. The Morgan fingerprint density at radius 1 is 1.54 bits per heavy atom. The van der Waals surface area contributed by atoms with E-state index in [0.29, 0.717) is 18.3 Å². The van der Waals surface area contributed by atoms with Crippen molar-refractivity contribution in [2.75, 3.05) is 0 Å². The quantitative estimate of drug-likeness (QED) is 0.567. The molecular formula is C10H10O3. The molecule has 1 aromatic carbocycles. The van der Waals surface area contributed by atoms with E-state index in [0.717, 1.165) is 0 Å². The van der Waals surface area contributed by atoms with Crippen LogP contribution in [0.3, 0.4) is 0 Å². The maximum Gasteiger partial charge on any atom is 0.163 e. The molecule has 0 spiro atoms. The summed E-state index contributed by atoms with van der Waals surface area (Å²) >= 11 is 0. The zero-order valence-electron chi connectivity index (χ0n) is 7.28. The number of hydrogen-bond acceptors (Lipinski definition) is 3. The average molecular weight is 178 g/mol. The molecule has 0 bridgehead atoms. The minimum atomic E-state index is -0.0953. The van der Waals surface area contributed by atoms with Crippen molar-refractivity contribution in [2.24, 2.45) is 0 Å². The third-order valence-corrected chi connectivity index (χ3v) is 1.78. The van der Waals surface area contributed by atoms with Crippen LogP contribution in [0.2, 0.25) is 0 Å². The lowest BCUT2D eigenvalue weighted by Gasteiger charge is -2.01. The molecule has 3 heteroatoms. The average Bonchev–Trinajstić information content (AvgIpc) is 2.16. The van der Waals surface area contributed by atoms with Crippen LogP contribution in [0, 0.1) is 0 Å². The molecule has 0 radical (unpaired) electrons. The van der Waals surface area contributed by atoms with E-state index in [9.17, 15) is 9.59 Å². The third kappa shape index (κ3) is 1.93. The second-order valence-electron chi connectivity index (χ2n) is 2.67. The number of aromatic hydroxyl groups is 1. The number of aldehydes is 1. The molecule has 1 N–H and O–H groups in total. The van der Waals surface area contributed by atoms with E-state index in [1.54, 1.807) is 6.92 Å². The molecule has 0 saturated carbocycles. The van der Waals surface area contributed by atoms with Crippen LogP contribution in [0.25, 0.3) is 0 Å². The Hall–Kier alpha value is -1.64. The zero-order chi connectivity index (χ0) is 9.84. The number of rotatable bonds is 3. The van der Waals surface area contributed by atoms with Crippen molar-refractivity contribution in [3.05, 3.63) is 29.3 Å². The molecule has 0 saturated heterocycles. The highest BCUT2D eigenvalue weighted by atomic mass is 16.3. The topological polar surface area (TPSA) is 54.4 Å². The molecule has 13 heavy (non-hydrogen) atoms. The monoisotopic (exact) mass is 178 g/mol.